The van der Waals surface area contributed by atoms with E-state index in [0.717, 1.165) is 135 Å². The van der Waals surface area contributed by atoms with Gasteiger partial charge in [-0.05, 0) is 171 Å². The number of para-hydroxylation sites is 4. The van der Waals surface area contributed by atoms with E-state index in [1.807, 2.05) is 24.3 Å². The Morgan fingerprint density at radius 3 is 0.695 bits per heavy atom. The Kier molecular flexibility index (Phi) is 21.3. The number of hydrogen-bond acceptors (Lipinski definition) is 8. The van der Waals surface area contributed by atoms with Crippen molar-refractivity contribution in [2.24, 2.45) is 0 Å². The smallest absolute Gasteiger partial charge is 0.343 e. The maximum absolute atomic E-state index is 6.94. The Morgan fingerprint density at radius 1 is 0.280 bits per heavy atom. The minimum atomic E-state index is -0.416. The van der Waals surface area contributed by atoms with Crippen LogP contribution in [0.1, 0.15) is 101 Å². The van der Waals surface area contributed by atoms with Crippen LogP contribution in [0.4, 0.5) is 0 Å². The molecule has 12 heteroatoms. The van der Waals surface area contributed by atoms with Gasteiger partial charge in [-0.3, -0.25) is 0 Å². The van der Waals surface area contributed by atoms with Gasteiger partial charge >= 0.3 is 39.1 Å². The largest absolute Gasteiger partial charge is 0.536 e. The van der Waals surface area contributed by atoms with E-state index < -0.39 is 11.8 Å². The fourth-order valence-electron chi connectivity index (χ4n) is 9.93. The van der Waals surface area contributed by atoms with Crippen LogP contribution in [0.3, 0.4) is 0 Å². The molecule has 0 spiro atoms. The molecule has 0 saturated heterocycles. The second kappa shape index (κ2) is 29.1. The first-order chi connectivity index (χ1) is 39.8. The first-order valence-corrected chi connectivity index (χ1v) is 31.1. The van der Waals surface area contributed by atoms with Gasteiger partial charge in [-0.15, -0.1) is 0 Å². The first-order valence-electron chi connectivity index (χ1n) is 27.1. The average Bonchev–Trinajstić information content (AvgIpc) is 3.51. The second-order valence-electron chi connectivity index (χ2n) is 20.0. The van der Waals surface area contributed by atoms with Crippen molar-refractivity contribution >= 4 is 63.4 Å². The minimum absolute atomic E-state index is 0.00166. The lowest BCUT2D eigenvalue weighted by Crippen LogP contribution is -2.20. The summed E-state index contributed by atoms with van der Waals surface area (Å²) in [6, 6.07) is 50.4. The molecule has 8 aromatic rings. The van der Waals surface area contributed by atoms with Crippen LogP contribution in [0.5, 0.6) is 46.0 Å². The molecule has 82 heavy (non-hydrogen) atoms. The lowest BCUT2D eigenvalue weighted by atomic mass is 9.72. The predicted molar refractivity (Wildman–Crippen MR) is 341 cm³/mol. The molecule has 414 valence electrons. The molecule has 0 N–H and O–H groups in total. The topological polar surface area (TPSA) is 73.8 Å². The molecule has 8 aromatic carbocycles. The third-order valence-corrected chi connectivity index (χ3v) is 17.4. The molecular formula is C70H70O8Si4. The van der Waals surface area contributed by atoms with E-state index in [1.54, 1.807) is 28.4 Å². The first kappa shape index (κ1) is 60.1. The Labute approximate surface area is 496 Å². The summed E-state index contributed by atoms with van der Waals surface area (Å²) in [5.41, 5.74) is 25.5. The predicted octanol–water partition coefficient (Wildman–Crippen LogP) is 15.8. The van der Waals surface area contributed by atoms with Gasteiger partial charge in [-0.25, -0.2) is 0 Å². The van der Waals surface area contributed by atoms with Crippen LogP contribution in [-0.2, 0) is 0 Å². The maximum Gasteiger partial charge on any atom is 0.343 e. The molecule has 0 fully saturated rings. The molecule has 8 radical (unpaired) electrons. The number of rotatable bonds is 25. The van der Waals surface area contributed by atoms with Crippen LogP contribution in [0.15, 0.2) is 168 Å². The third kappa shape index (κ3) is 14.9. The van der Waals surface area contributed by atoms with Crippen molar-refractivity contribution in [2.75, 3.05) is 28.4 Å². The SMILES string of the molecule is COc1cc(C=C[Si]Oc2ccccc2C(c2ccccc2O[Si]C=Cc2cc(C)c(C)c(OC)c2)C(c2ccccc2O[Si]C=Cc2cc(C)c(C)c(OC)c2)c2ccccc2O[Si]C=Cc2cc(C)c(C)c(OC)c2)cc(C)c1C. The fourth-order valence-corrected chi connectivity index (χ4v) is 12.5. The van der Waals surface area contributed by atoms with Crippen molar-refractivity contribution in [3.8, 4) is 46.0 Å². The zero-order valence-electron chi connectivity index (χ0n) is 48.9. The summed E-state index contributed by atoms with van der Waals surface area (Å²) in [5.74, 6) is 5.59. The van der Waals surface area contributed by atoms with Crippen LogP contribution in [-0.4, -0.2) is 67.5 Å². The Morgan fingerprint density at radius 2 is 0.488 bits per heavy atom. The van der Waals surface area contributed by atoms with E-state index in [-0.39, 0.29) is 39.1 Å². The summed E-state index contributed by atoms with van der Waals surface area (Å²) in [6.45, 7) is 16.8. The molecule has 0 aliphatic heterocycles. The lowest BCUT2D eigenvalue weighted by Gasteiger charge is -2.33. The number of hydrogen-bond donors (Lipinski definition) is 0. The monoisotopic (exact) mass is 1150 g/mol. The number of ether oxygens (including phenoxy) is 4. The highest BCUT2D eigenvalue weighted by Gasteiger charge is 2.36. The zero-order valence-corrected chi connectivity index (χ0v) is 52.9. The number of benzene rings is 8. The molecule has 0 aromatic heterocycles. The number of methoxy groups -OCH3 is 4. The van der Waals surface area contributed by atoms with Crippen molar-refractivity contribution in [1.29, 1.82) is 0 Å². The van der Waals surface area contributed by atoms with Gasteiger partial charge in [0, 0.05) is 34.1 Å². The molecule has 0 amide bonds. The molecule has 0 atom stereocenters. The molecule has 8 nitrogen and oxygen atoms in total. The Bertz CT molecular complexity index is 3150. The highest BCUT2D eigenvalue weighted by atomic mass is 28.2. The maximum atomic E-state index is 6.94. The second-order valence-corrected chi connectivity index (χ2v) is 23.1. The van der Waals surface area contributed by atoms with E-state index in [9.17, 15) is 0 Å². The molecule has 0 bridgehead atoms. The van der Waals surface area contributed by atoms with E-state index in [2.05, 4.69) is 224 Å². The van der Waals surface area contributed by atoms with Crippen LogP contribution < -0.4 is 36.7 Å². The van der Waals surface area contributed by atoms with Gasteiger partial charge in [0.2, 0.25) is 0 Å². The molecule has 0 aliphatic carbocycles. The lowest BCUT2D eigenvalue weighted by molar-refractivity contribution is 0.411. The standard InChI is InChI=1S/C70H70O8Si4/c1-45-37-53(41-65(71-9)49(45)5)29-33-79-75-61-25-17-13-21-57(61)69(58-22-14-18-26-62(58)76-80-34-30-54-38-46(2)50(6)66(42-54)72-10)70(59-23-15-19-27-63(59)77-81-35-31-55-39-47(3)51(7)67(43-55)73-11)60-24-16-20-28-64(60)78-82-36-32-56-40-48(4)52(8)68(44-56)74-12/h13-44,69-70H,1-12H3. The van der Waals surface area contributed by atoms with E-state index in [4.69, 9.17) is 36.7 Å². The van der Waals surface area contributed by atoms with Crippen molar-refractivity contribution in [1.82, 2.24) is 0 Å². The van der Waals surface area contributed by atoms with Crippen LogP contribution >= 0.6 is 0 Å². The molecule has 0 aliphatic rings. The van der Waals surface area contributed by atoms with Gasteiger partial charge in [-0.1, -0.05) is 144 Å². The summed E-state index contributed by atoms with van der Waals surface area (Å²) < 4.78 is 50.7. The van der Waals surface area contributed by atoms with E-state index in [1.165, 1.54) is 0 Å². The molecule has 0 heterocycles. The molecule has 0 unspecified atom stereocenters. The van der Waals surface area contributed by atoms with Gasteiger partial charge in [0.05, 0.1) is 28.4 Å². The van der Waals surface area contributed by atoms with E-state index >= 15 is 0 Å². The average molecular weight is 1150 g/mol. The quantitative estimate of drug-likeness (QED) is 0.0524. The highest BCUT2D eigenvalue weighted by molar-refractivity contribution is 6.38. The summed E-state index contributed by atoms with van der Waals surface area (Å²) in [6.07, 6.45) is 8.39. The summed E-state index contributed by atoms with van der Waals surface area (Å²) >= 11 is 0. The van der Waals surface area contributed by atoms with E-state index in [0.29, 0.717) is 0 Å². The van der Waals surface area contributed by atoms with Gasteiger partial charge in [0.1, 0.15) is 46.0 Å². The number of aryl methyl sites for hydroxylation is 4. The molecule has 8 rings (SSSR count). The Balaban J connectivity index is 1.25. The van der Waals surface area contributed by atoms with Crippen LogP contribution in [0.2, 0.25) is 0 Å². The molecule has 0 saturated carbocycles. The normalized spacial score (nSPS) is 12.3. The van der Waals surface area contributed by atoms with Gasteiger partial charge in [0.15, 0.2) is 0 Å². The third-order valence-electron chi connectivity index (χ3n) is 14.8. The highest BCUT2D eigenvalue weighted by Crippen LogP contribution is 2.52. The van der Waals surface area contributed by atoms with Crippen molar-refractivity contribution < 1.29 is 36.7 Å². The minimum Gasteiger partial charge on any atom is -0.536 e. The van der Waals surface area contributed by atoms with Crippen molar-refractivity contribution in [3.63, 3.8) is 0 Å². The van der Waals surface area contributed by atoms with Crippen LogP contribution in [0.25, 0.3) is 24.3 Å². The summed E-state index contributed by atoms with van der Waals surface area (Å²) in [4.78, 5) is 0. The van der Waals surface area contributed by atoms with Gasteiger partial charge in [0.25, 0.3) is 0 Å². The molecular weight excluding hydrogens is 1080 g/mol. The van der Waals surface area contributed by atoms with Crippen molar-refractivity contribution in [2.45, 2.75) is 67.2 Å². The van der Waals surface area contributed by atoms with Gasteiger partial charge in [-0.2, -0.15) is 0 Å². The summed E-state index contributed by atoms with van der Waals surface area (Å²) in [5, 5.41) is 0. The Hall–Kier alpha value is -8.01. The van der Waals surface area contributed by atoms with Crippen LogP contribution in [0, 0.1) is 55.4 Å². The summed E-state index contributed by atoms with van der Waals surface area (Å²) in [7, 11) is 6.85. The van der Waals surface area contributed by atoms with Gasteiger partial charge < -0.3 is 36.7 Å². The van der Waals surface area contributed by atoms with Crippen molar-refractivity contribution in [3.05, 3.63) is 257 Å². The fraction of sp³-hybridized carbons (Fsp3) is 0.200. The zero-order chi connectivity index (χ0) is 58.1.